The maximum atomic E-state index is 4.30. The quantitative estimate of drug-likeness (QED) is 0.850. The lowest BCUT2D eigenvalue weighted by Crippen LogP contribution is -2.21. The zero-order chi connectivity index (χ0) is 13.5. The van der Waals surface area contributed by atoms with Gasteiger partial charge in [0.1, 0.15) is 0 Å². The standard InChI is InChI=1S/C17H22N2/c1-3-19-17(16-11-14(2)12-18-13-16)10-9-15-7-5-4-6-8-15/h4-8,11-13,17,19H,3,9-10H2,1-2H3. The van der Waals surface area contributed by atoms with E-state index in [0.717, 1.165) is 19.4 Å². The fraction of sp³-hybridized carbons (Fsp3) is 0.353. The third-order valence-corrected chi connectivity index (χ3v) is 3.31. The Balaban J connectivity index is 2.04. The number of pyridine rings is 1. The zero-order valence-electron chi connectivity index (χ0n) is 11.8. The molecule has 0 fully saturated rings. The van der Waals surface area contributed by atoms with Gasteiger partial charge in [-0.25, -0.2) is 0 Å². The minimum absolute atomic E-state index is 0.387. The minimum Gasteiger partial charge on any atom is -0.310 e. The van der Waals surface area contributed by atoms with Crippen LogP contribution in [0, 0.1) is 6.92 Å². The van der Waals surface area contributed by atoms with E-state index in [0.29, 0.717) is 6.04 Å². The van der Waals surface area contributed by atoms with E-state index in [9.17, 15) is 0 Å². The first-order valence-electron chi connectivity index (χ1n) is 6.98. The summed E-state index contributed by atoms with van der Waals surface area (Å²) in [5.74, 6) is 0. The lowest BCUT2D eigenvalue weighted by atomic mass is 9.99. The molecule has 0 saturated heterocycles. The number of hydrogen-bond donors (Lipinski definition) is 1. The van der Waals surface area contributed by atoms with E-state index in [1.165, 1.54) is 16.7 Å². The number of nitrogens with one attached hydrogen (secondary N) is 1. The van der Waals surface area contributed by atoms with Crippen LogP contribution in [0.15, 0.2) is 48.8 Å². The van der Waals surface area contributed by atoms with Gasteiger partial charge >= 0.3 is 0 Å². The van der Waals surface area contributed by atoms with E-state index < -0.39 is 0 Å². The van der Waals surface area contributed by atoms with Crippen LogP contribution >= 0.6 is 0 Å². The van der Waals surface area contributed by atoms with Crippen LogP contribution in [0.2, 0.25) is 0 Å². The van der Waals surface area contributed by atoms with Crippen LogP contribution in [0.4, 0.5) is 0 Å². The van der Waals surface area contributed by atoms with Crippen molar-refractivity contribution in [1.29, 1.82) is 0 Å². The molecule has 1 aromatic carbocycles. The number of hydrogen-bond acceptors (Lipinski definition) is 2. The van der Waals surface area contributed by atoms with Crippen molar-refractivity contribution in [2.24, 2.45) is 0 Å². The lowest BCUT2D eigenvalue weighted by molar-refractivity contribution is 0.514. The summed E-state index contributed by atoms with van der Waals surface area (Å²) in [5.41, 5.74) is 3.91. The summed E-state index contributed by atoms with van der Waals surface area (Å²) in [5, 5.41) is 3.56. The van der Waals surface area contributed by atoms with Crippen LogP contribution in [0.3, 0.4) is 0 Å². The summed E-state index contributed by atoms with van der Waals surface area (Å²) in [6, 6.07) is 13.3. The van der Waals surface area contributed by atoms with Gasteiger partial charge in [-0.05, 0) is 43.0 Å². The first kappa shape index (κ1) is 13.8. The maximum absolute atomic E-state index is 4.30. The van der Waals surface area contributed by atoms with Crippen molar-refractivity contribution in [2.75, 3.05) is 6.54 Å². The molecule has 100 valence electrons. The van der Waals surface area contributed by atoms with E-state index in [2.05, 4.69) is 60.5 Å². The van der Waals surface area contributed by atoms with E-state index in [1.807, 2.05) is 12.4 Å². The molecular weight excluding hydrogens is 232 g/mol. The molecule has 1 aromatic heterocycles. The molecule has 0 saturated carbocycles. The predicted octanol–water partition coefficient (Wildman–Crippen LogP) is 3.67. The van der Waals surface area contributed by atoms with Gasteiger partial charge in [-0.15, -0.1) is 0 Å². The van der Waals surface area contributed by atoms with Crippen molar-refractivity contribution in [3.63, 3.8) is 0 Å². The number of nitrogens with zero attached hydrogens (tertiary/aromatic N) is 1. The average molecular weight is 254 g/mol. The summed E-state index contributed by atoms with van der Waals surface area (Å²) in [7, 11) is 0. The third kappa shape index (κ3) is 4.18. The molecule has 0 aliphatic heterocycles. The minimum atomic E-state index is 0.387. The first-order chi connectivity index (χ1) is 9.29. The fourth-order valence-corrected chi connectivity index (χ4v) is 2.36. The Morgan fingerprint density at radius 3 is 2.63 bits per heavy atom. The lowest BCUT2D eigenvalue weighted by Gasteiger charge is -2.18. The van der Waals surface area contributed by atoms with Crippen LogP contribution in [0.25, 0.3) is 0 Å². The molecule has 1 atom stereocenters. The van der Waals surface area contributed by atoms with Gasteiger partial charge in [0.05, 0.1) is 0 Å². The van der Waals surface area contributed by atoms with Gasteiger partial charge in [0.15, 0.2) is 0 Å². The Morgan fingerprint density at radius 1 is 1.16 bits per heavy atom. The highest BCUT2D eigenvalue weighted by atomic mass is 14.9. The molecule has 0 aliphatic rings. The number of benzene rings is 1. The van der Waals surface area contributed by atoms with E-state index in [-0.39, 0.29) is 0 Å². The Bertz CT molecular complexity index is 494. The summed E-state index contributed by atoms with van der Waals surface area (Å²) in [6.07, 6.45) is 6.07. The number of rotatable bonds is 6. The normalized spacial score (nSPS) is 12.3. The molecule has 2 heteroatoms. The molecule has 2 rings (SSSR count). The van der Waals surface area contributed by atoms with Gasteiger partial charge in [0.25, 0.3) is 0 Å². The van der Waals surface area contributed by atoms with Crippen LogP contribution in [-0.2, 0) is 6.42 Å². The van der Waals surface area contributed by atoms with Gasteiger partial charge in [-0.2, -0.15) is 0 Å². The number of aryl methyl sites for hydroxylation is 2. The Labute approximate surface area is 115 Å². The second-order valence-electron chi connectivity index (χ2n) is 4.93. The van der Waals surface area contributed by atoms with Gasteiger partial charge < -0.3 is 5.32 Å². The highest BCUT2D eigenvalue weighted by Gasteiger charge is 2.10. The molecule has 0 aliphatic carbocycles. The average Bonchev–Trinajstić information content (AvgIpc) is 2.44. The van der Waals surface area contributed by atoms with Crippen LogP contribution in [0.1, 0.15) is 36.1 Å². The molecule has 1 heterocycles. The van der Waals surface area contributed by atoms with E-state index >= 15 is 0 Å². The Hall–Kier alpha value is -1.67. The second-order valence-corrected chi connectivity index (χ2v) is 4.93. The van der Waals surface area contributed by atoms with Crippen molar-refractivity contribution in [3.8, 4) is 0 Å². The van der Waals surface area contributed by atoms with Gasteiger partial charge in [-0.3, -0.25) is 4.98 Å². The molecule has 19 heavy (non-hydrogen) atoms. The zero-order valence-corrected chi connectivity index (χ0v) is 11.8. The van der Waals surface area contributed by atoms with Crippen molar-refractivity contribution in [3.05, 3.63) is 65.5 Å². The van der Waals surface area contributed by atoms with Crippen LogP contribution < -0.4 is 5.32 Å². The second kappa shape index (κ2) is 7.05. The highest BCUT2D eigenvalue weighted by molar-refractivity contribution is 5.21. The largest absolute Gasteiger partial charge is 0.310 e. The van der Waals surface area contributed by atoms with Crippen LogP contribution in [-0.4, -0.2) is 11.5 Å². The molecular formula is C17H22N2. The number of aromatic nitrogens is 1. The third-order valence-electron chi connectivity index (χ3n) is 3.31. The summed E-state index contributed by atoms with van der Waals surface area (Å²) < 4.78 is 0. The molecule has 2 nitrogen and oxygen atoms in total. The van der Waals surface area contributed by atoms with Crippen LogP contribution in [0.5, 0.6) is 0 Å². The smallest absolute Gasteiger partial charge is 0.0338 e. The summed E-state index contributed by atoms with van der Waals surface area (Å²) >= 11 is 0. The molecule has 0 bridgehead atoms. The Morgan fingerprint density at radius 2 is 1.95 bits per heavy atom. The summed E-state index contributed by atoms with van der Waals surface area (Å²) in [6.45, 7) is 5.23. The molecule has 0 radical (unpaired) electrons. The van der Waals surface area contributed by atoms with Crippen molar-refractivity contribution >= 4 is 0 Å². The van der Waals surface area contributed by atoms with E-state index in [4.69, 9.17) is 0 Å². The van der Waals surface area contributed by atoms with Gasteiger partial charge in [-0.1, -0.05) is 43.3 Å². The molecule has 0 amide bonds. The molecule has 1 N–H and O–H groups in total. The van der Waals surface area contributed by atoms with E-state index in [1.54, 1.807) is 0 Å². The SMILES string of the molecule is CCNC(CCc1ccccc1)c1cncc(C)c1. The molecule has 1 unspecified atom stereocenters. The maximum Gasteiger partial charge on any atom is 0.0338 e. The van der Waals surface area contributed by atoms with Crippen molar-refractivity contribution in [1.82, 2.24) is 10.3 Å². The first-order valence-corrected chi connectivity index (χ1v) is 6.98. The van der Waals surface area contributed by atoms with Crippen molar-refractivity contribution < 1.29 is 0 Å². The summed E-state index contributed by atoms with van der Waals surface area (Å²) in [4.78, 5) is 4.30. The van der Waals surface area contributed by atoms with Gasteiger partial charge in [0.2, 0.25) is 0 Å². The van der Waals surface area contributed by atoms with Crippen molar-refractivity contribution in [2.45, 2.75) is 32.7 Å². The van der Waals surface area contributed by atoms with Gasteiger partial charge in [0, 0.05) is 18.4 Å². The fourth-order valence-electron chi connectivity index (χ4n) is 2.36. The molecule has 0 spiro atoms. The predicted molar refractivity (Wildman–Crippen MR) is 80.2 cm³/mol. The highest BCUT2D eigenvalue weighted by Crippen LogP contribution is 2.19. The molecule has 2 aromatic rings. The monoisotopic (exact) mass is 254 g/mol. The Kier molecular flexibility index (Phi) is 5.10. The topological polar surface area (TPSA) is 24.9 Å².